The first-order valence-electron chi connectivity index (χ1n) is 10.1. The number of anilines is 1. The minimum absolute atomic E-state index is 0.0238. The van der Waals surface area contributed by atoms with Crippen molar-refractivity contribution in [1.82, 2.24) is 14.9 Å². The first kappa shape index (κ1) is 21.4. The SMILES string of the molecule is CN(C)CCOc1c(Cl)cc2c([nH]c3cnccc32)c1NC(=O)[C@@H]1CC(=O)OC1(C)C. The Hall–Kier alpha value is -2.84. The van der Waals surface area contributed by atoms with Crippen LogP contribution in [0.3, 0.4) is 0 Å². The van der Waals surface area contributed by atoms with Crippen molar-refractivity contribution in [2.45, 2.75) is 25.9 Å². The number of fused-ring (bicyclic) bond motifs is 3. The molecule has 3 aromatic rings. The predicted octanol–water partition coefficient (Wildman–Crippen LogP) is 3.59. The van der Waals surface area contributed by atoms with Gasteiger partial charge in [0.2, 0.25) is 5.91 Å². The topological polar surface area (TPSA) is 96.5 Å². The molecular formula is C22H25ClN4O4. The molecule has 1 aromatic carbocycles. The number of H-pyrrole nitrogens is 1. The zero-order valence-corrected chi connectivity index (χ0v) is 18.7. The molecule has 4 rings (SSSR count). The van der Waals surface area contributed by atoms with E-state index in [4.69, 9.17) is 21.1 Å². The minimum Gasteiger partial charge on any atom is -0.488 e. The van der Waals surface area contributed by atoms with Crippen LogP contribution in [0, 0.1) is 5.92 Å². The number of rotatable bonds is 6. The maximum Gasteiger partial charge on any atom is 0.307 e. The fourth-order valence-electron chi connectivity index (χ4n) is 3.87. The molecule has 3 heterocycles. The molecule has 1 atom stereocenters. The summed E-state index contributed by atoms with van der Waals surface area (Å²) in [7, 11) is 3.89. The normalized spacial score (nSPS) is 18.0. The molecule has 0 bridgehead atoms. The fourth-order valence-corrected chi connectivity index (χ4v) is 4.12. The van der Waals surface area contributed by atoms with Crippen molar-refractivity contribution in [2.75, 3.05) is 32.6 Å². The molecule has 1 fully saturated rings. The number of aromatic amines is 1. The van der Waals surface area contributed by atoms with Gasteiger partial charge in [-0.15, -0.1) is 0 Å². The number of nitrogens with zero attached hydrogens (tertiary/aromatic N) is 2. The Morgan fingerprint density at radius 3 is 2.87 bits per heavy atom. The van der Waals surface area contributed by atoms with Crippen LogP contribution >= 0.6 is 11.6 Å². The molecule has 0 aliphatic carbocycles. The van der Waals surface area contributed by atoms with Gasteiger partial charge in [0, 0.05) is 23.5 Å². The molecule has 1 saturated heterocycles. The standard InChI is InChI=1S/C22H25ClN4O4/c1-22(2)14(10-17(28)31-22)21(29)26-19-18-13(12-5-6-24-11-16(12)25-18)9-15(23)20(19)30-8-7-27(3)4/h5-6,9,11,14,25H,7-8,10H2,1-4H3,(H,26,29)/t14-/m0/s1. The Balaban J connectivity index is 1.79. The molecule has 31 heavy (non-hydrogen) atoms. The Bertz CT molecular complexity index is 1170. The summed E-state index contributed by atoms with van der Waals surface area (Å²) in [6.45, 7) is 4.54. The second-order valence-electron chi connectivity index (χ2n) is 8.51. The quantitative estimate of drug-likeness (QED) is 0.564. The number of ether oxygens (including phenoxy) is 2. The number of cyclic esters (lactones) is 1. The number of amides is 1. The van der Waals surface area contributed by atoms with E-state index < -0.39 is 11.5 Å². The number of hydrogen-bond donors (Lipinski definition) is 2. The van der Waals surface area contributed by atoms with Crippen LogP contribution in [0.15, 0.2) is 24.5 Å². The van der Waals surface area contributed by atoms with Gasteiger partial charge < -0.3 is 24.7 Å². The first-order chi connectivity index (χ1) is 14.7. The second kappa shape index (κ2) is 8.01. The highest BCUT2D eigenvalue weighted by Crippen LogP contribution is 2.43. The summed E-state index contributed by atoms with van der Waals surface area (Å²) in [5.74, 6) is -0.962. The lowest BCUT2D eigenvalue weighted by molar-refractivity contribution is -0.147. The summed E-state index contributed by atoms with van der Waals surface area (Å²) in [4.78, 5) is 34.5. The van der Waals surface area contributed by atoms with Crippen LogP contribution in [0.5, 0.6) is 5.75 Å². The number of carbonyl (C=O) groups excluding carboxylic acids is 2. The van der Waals surface area contributed by atoms with Crippen LogP contribution in [-0.4, -0.2) is 59.6 Å². The lowest BCUT2D eigenvalue weighted by atomic mass is 9.90. The highest BCUT2D eigenvalue weighted by molar-refractivity contribution is 6.35. The van der Waals surface area contributed by atoms with Crippen molar-refractivity contribution in [3.8, 4) is 5.75 Å². The lowest BCUT2D eigenvalue weighted by Gasteiger charge is -2.24. The third kappa shape index (κ3) is 4.05. The molecule has 0 unspecified atom stereocenters. The molecule has 8 nitrogen and oxygen atoms in total. The summed E-state index contributed by atoms with van der Waals surface area (Å²) >= 11 is 6.61. The third-order valence-electron chi connectivity index (χ3n) is 5.54. The zero-order valence-electron chi connectivity index (χ0n) is 17.9. The Morgan fingerprint density at radius 1 is 1.42 bits per heavy atom. The smallest absolute Gasteiger partial charge is 0.307 e. The number of pyridine rings is 1. The highest BCUT2D eigenvalue weighted by atomic mass is 35.5. The van der Waals surface area contributed by atoms with E-state index in [1.807, 2.05) is 31.1 Å². The van der Waals surface area contributed by atoms with Gasteiger partial charge in [-0.1, -0.05) is 11.6 Å². The fraction of sp³-hybridized carbons (Fsp3) is 0.409. The average Bonchev–Trinajstić information content (AvgIpc) is 3.19. The monoisotopic (exact) mass is 444 g/mol. The van der Waals surface area contributed by atoms with Gasteiger partial charge in [0.1, 0.15) is 17.9 Å². The number of esters is 1. The average molecular weight is 445 g/mol. The van der Waals surface area contributed by atoms with E-state index in [2.05, 4.69) is 15.3 Å². The van der Waals surface area contributed by atoms with Gasteiger partial charge >= 0.3 is 5.97 Å². The number of nitrogens with one attached hydrogen (secondary N) is 2. The van der Waals surface area contributed by atoms with Crippen LogP contribution < -0.4 is 10.1 Å². The molecule has 9 heteroatoms. The molecular weight excluding hydrogens is 420 g/mol. The van der Waals surface area contributed by atoms with Gasteiger partial charge in [-0.2, -0.15) is 0 Å². The number of benzene rings is 1. The molecule has 0 spiro atoms. The Morgan fingerprint density at radius 2 is 2.19 bits per heavy atom. The van der Waals surface area contributed by atoms with Crippen molar-refractivity contribution in [3.63, 3.8) is 0 Å². The van der Waals surface area contributed by atoms with Crippen LogP contribution in [0.4, 0.5) is 5.69 Å². The summed E-state index contributed by atoms with van der Waals surface area (Å²) in [5, 5.41) is 5.13. The van der Waals surface area contributed by atoms with Crippen LogP contribution in [-0.2, 0) is 14.3 Å². The maximum atomic E-state index is 13.2. The summed E-state index contributed by atoms with van der Waals surface area (Å²) < 4.78 is 11.3. The van der Waals surface area contributed by atoms with Crippen LogP contribution in [0.1, 0.15) is 20.3 Å². The van der Waals surface area contributed by atoms with E-state index in [1.54, 1.807) is 26.2 Å². The Kier molecular flexibility index (Phi) is 5.53. The minimum atomic E-state index is -0.894. The van der Waals surface area contributed by atoms with Gasteiger partial charge in [-0.3, -0.25) is 14.6 Å². The van der Waals surface area contributed by atoms with E-state index in [9.17, 15) is 9.59 Å². The molecule has 0 saturated carbocycles. The predicted molar refractivity (Wildman–Crippen MR) is 120 cm³/mol. The van der Waals surface area contributed by atoms with Crippen molar-refractivity contribution < 1.29 is 19.1 Å². The summed E-state index contributed by atoms with van der Waals surface area (Å²) in [6, 6.07) is 3.71. The molecule has 2 N–H and O–H groups in total. The molecule has 2 aromatic heterocycles. The third-order valence-corrected chi connectivity index (χ3v) is 5.82. The molecule has 164 valence electrons. The van der Waals surface area contributed by atoms with Gasteiger partial charge in [0.25, 0.3) is 0 Å². The van der Waals surface area contributed by atoms with Crippen molar-refractivity contribution >= 4 is 51.0 Å². The number of likely N-dealkylation sites (N-methyl/N-ethyl adjacent to an activating group) is 1. The van der Waals surface area contributed by atoms with E-state index in [-0.39, 0.29) is 18.3 Å². The first-order valence-corrected chi connectivity index (χ1v) is 10.4. The van der Waals surface area contributed by atoms with Crippen molar-refractivity contribution in [1.29, 1.82) is 0 Å². The summed E-state index contributed by atoms with van der Waals surface area (Å²) in [5.41, 5.74) is 1.05. The molecule has 1 amide bonds. The Labute approximate surface area is 184 Å². The summed E-state index contributed by atoms with van der Waals surface area (Å²) in [6.07, 6.45) is 3.44. The van der Waals surface area contributed by atoms with E-state index in [0.29, 0.717) is 35.1 Å². The van der Waals surface area contributed by atoms with E-state index in [1.165, 1.54) is 0 Å². The van der Waals surface area contributed by atoms with Crippen LogP contribution in [0.25, 0.3) is 21.8 Å². The van der Waals surface area contributed by atoms with Gasteiger partial charge in [0.15, 0.2) is 5.75 Å². The van der Waals surface area contributed by atoms with Crippen molar-refractivity contribution in [3.05, 3.63) is 29.5 Å². The number of aromatic nitrogens is 2. The van der Waals surface area contributed by atoms with Gasteiger partial charge in [0.05, 0.1) is 34.6 Å². The maximum absolute atomic E-state index is 13.2. The lowest BCUT2D eigenvalue weighted by Crippen LogP contribution is -2.36. The van der Waals surface area contributed by atoms with E-state index >= 15 is 0 Å². The van der Waals surface area contributed by atoms with Crippen molar-refractivity contribution in [2.24, 2.45) is 5.92 Å². The van der Waals surface area contributed by atoms with Gasteiger partial charge in [-0.25, -0.2) is 0 Å². The number of hydrogen-bond acceptors (Lipinski definition) is 6. The molecule has 0 radical (unpaired) electrons. The molecule has 1 aliphatic rings. The molecule has 1 aliphatic heterocycles. The van der Waals surface area contributed by atoms with Gasteiger partial charge in [-0.05, 0) is 40.1 Å². The zero-order chi connectivity index (χ0) is 22.3. The largest absolute Gasteiger partial charge is 0.488 e. The second-order valence-corrected chi connectivity index (χ2v) is 8.91. The number of halogens is 1. The van der Waals surface area contributed by atoms with E-state index in [0.717, 1.165) is 16.3 Å². The van der Waals surface area contributed by atoms with Crippen LogP contribution in [0.2, 0.25) is 5.02 Å². The number of carbonyl (C=O) groups is 2. The highest BCUT2D eigenvalue weighted by Gasteiger charge is 2.46.